The second-order valence-electron chi connectivity index (χ2n) is 5.21. The Kier molecular flexibility index (Phi) is 5.76. The lowest BCUT2D eigenvalue weighted by molar-refractivity contribution is -0.137. The van der Waals surface area contributed by atoms with Crippen molar-refractivity contribution in [1.29, 1.82) is 0 Å². The maximum Gasteiger partial charge on any atom is 0.315 e. The number of nitrogens with zero attached hydrogens (tertiary/aromatic N) is 2. The Hall–Kier alpha value is -2.09. The predicted molar refractivity (Wildman–Crippen MR) is 78.5 cm³/mol. The van der Waals surface area contributed by atoms with E-state index in [9.17, 15) is 9.59 Å². The minimum atomic E-state index is -0.862. The maximum absolute atomic E-state index is 11.8. The summed E-state index contributed by atoms with van der Waals surface area (Å²) in [6.07, 6.45) is 4.80. The van der Waals surface area contributed by atoms with Crippen LogP contribution in [0.4, 0.5) is 4.79 Å². The van der Waals surface area contributed by atoms with Gasteiger partial charge in [-0.3, -0.25) is 9.48 Å². The standard InChI is InChI=1S/C14H22N4O4/c1-2-22-11-9-10(13(11)18-8-4-7-16-18)17-14(21)15-6-3-5-12(19)20/h4,7-8,10-11,13H,2-3,5-6,9H2,1H3,(H,19,20)(H2,15,17,21). The zero-order valence-electron chi connectivity index (χ0n) is 12.6. The molecule has 1 aromatic rings. The Labute approximate surface area is 128 Å². The van der Waals surface area contributed by atoms with Crippen LogP contribution in [-0.4, -0.2) is 52.2 Å². The SMILES string of the molecule is CCOC1CC(NC(=O)NCCCC(=O)O)C1n1cccn1. The number of carbonyl (C=O) groups is 2. The van der Waals surface area contributed by atoms with Crippen molar-refractivity contribution in [2.75, 3.05) is 13.2 Å². The number of hydrogen-bond acceptors (Lipinski definition) is 4. The molecule has 0 aromatic carbocycles. The molecule has 0 bridgehead atoms. The van der Waals surface area contributed by atoms with E-state index in [1.165, 1.54) is 0 Å². The van der Waals surface area contributed by atoms with Gasteiger partial charge in [0.25, 0.3) is 0 Å². The molecule has 0 spiro atoms. The second-order valence-corrected chi connectivity index (χ2v) is 5.21. The third-order valence-corrected chi connectivity index (χ3v) is 3.66. The lowest BCUT2D eigenvalue weighted by Gasteiger charge is -2.44. The van der Waals surface area contributed by atoms with E-state index >= 15 is 0 Å². The zero-order valence-corrected chi connectivity index (χ0v) is 12.6. The summed E-state index contributed by atoms with van der Waals surface area (Å²) < 4.78 is 7.46. The highest BCUT2D eigenvalue weighted by molar-refractivity contribution is 5.74. The number of nitrogens with one attached hydrogen (secondary N) is 2. The van der Waals surface area contributed by atoms with Crippen molar-refractivity contribution in [2.24, 2.45) is 0 Å². The molecule has 1 fully saturated rings. The number of carboxylic acid groups (broad SMARTS) is 1. The lowest BCUT2D eigenvalue weighted by Crippen LogP contribution is -2.58. The molecule has 122 valence electrons. The Bertz CT molecular complexity index is 491. The van der Waals surface area contributed by atoms with Gasteiger partial charge in [0.1, 0.15) is 0 Å². The second kappa shape index (κ2) is 7.79. The van der Waals surface area contributed by atoms with Gasteiger partial charge in [-0.25, -0.2) is 4.79 Å². The van der Waals surface area contributed by atoms with Gasteiger partial charge in [-0.15, -0.1) is 0 Å². The Balaban J connectivity index is 1.79. The molecule has 3 N–H and O–H groups in total. The number of urea groups is 1. The fourth-order valence-electron chi connectivity index (χ4n) is 2.59. The minimum Gasteiger partial charge on any atom is -0.481 e. The highest BCUT2D eigenvalue weighted by Crippen LogP contribution is 2.34. The third-order valence-electron chi connectivity index (χ3n) is 3.66. The smallest absolute Gasteiger partial charge is 0.315 e. The van der Waals surface area contributed by atoms with Crippen molar-refractivity contribution in [3.8, 4) is 0 Å². The maximum atomic E-state index is 11.8. The molecule has 0 aliphatic heterocycles. The molecule has 1 heterocycles. The zero-order chi connectivity index (χ0) is 15.9. The Morgan fingerprint density at radius 1 is 1.50 bits per heavy atom. The molecule has 8 nitrogen and oxygen atoms in total. The molecule has 0 saturated heterocycles. The van der Waals surface area contributed by atoms with E-state index in [1.807, 2.05) is 19.2 Å². The molecule has 2 amide bonds. The highest BCUT2D eigenvalue weighted by atomic mass is 16.5. The molecule has 1 aliphatic rings. The molecule has 3 unspecified atom stereocenters. The number of amides is 2. The summed E-state index contributed by atoms with van der Waals surface area (Å²) in [6.45, 7) is 2.90. The summed E-state index contributed by atoms with van der Waals surface area (Å²) >= 11 is 0. The summed E-state index contributed by atoms with van der Waals surface area (Å²) in [5.74, 6) is -0.862. The Morgan fingerprint density at radius 2 is 2.32 bits per heavy atom. The van der Waals surface area contributed by atoms with Crippen molar-refractivity contribution in [3.05, 3.63) is 18.5 Å². The normalized spacial score (nSPS) is 23.6. The first-order chi connectivity index (χ1) is 10.6. The number of hydrogen-bond donors (Lipinski definition) is 3. The highest BCUT2D eigenvalue weighted by Gasteiger charge is 2.44. The average Bonchev–Trinajstić information content (AvgIpc) is 2.95. The number of aliphatic carboxylic acids is 1. The molecule has 1 aromatic heterocycles. The van der Waals surface area contributed by atoms with Crippen LogP contribution in [0.5, 0.6) is 0 Å². The van der Waals surface area contributed by atoms with Crippen LogP contribution >= 0.6 is 0 Å². The predicted octanol–water partition coefficient (Wildman–Crippen LogP) is 0.766. The van der Waals surface area contributed by atoms with Crippen LogP contribution in [0.25, 0.3) is 0 Å². The summed E-state index contributed by atoms with van der Waals surface area (Å²) in [4.78, 5) is 22.2. The van der Waals surface area contributed by atoms with Gasteiger partial charge >= 0.3 is 12.0 Å². The number of rotatable bonds is 8. The monoisotopic (exact) mass is 310 g/mol. The van der Waals surface area contributed by atoms with Gasteiger partial charge in [0.15, 0.2) is 0 Å². The van der Waals surface area contributed by atoms with E-state index in [0.29, 0.717) is 19.6 Å². The van der Waals surface area contributed by atoms with E-state index in [1.54, 1.807) is 10.9 Å². The van der Waals surface area contributed by atoms with Crippen molar-refractivity contribution >= 4 is 12.0 Å². The van der Waals surface area contributed by atoms with Crippen molar-refractivity contribution in [1.82, 2.24) is 20.4 Å². The minimum absolute atomic E-state index is 0.0141. The molecule has 3 atom stereocenters. The molecular weight excluding hydrogens is 288 g/mol. The quantitative estimate of drug-likeness (QED) is 0.615. The molecule has 8 heteroatoms. The summed E-state index contributed by atoms with van der Waals surface area (Å²) in [7, 11) is 0. The summed E-state index contributed by atoms with van der Waals surface area (Å²) in [5.41, 5.74) is 0. The molecule has 0 radical (unpaired) electrons. The van der Waals surface area contributed by atoms with Crippen molar-refractivity contribution in [2.45, 2.75) is 44.4 Å². The summed E-state index contributed by atoms with van der Waals surface area (Å²) in [6, 6.07) is 1.49. The van der Waals surface area contributed by atoms with Gasteiger partial charge in [-0.05, 0) is 25.8 Å². The van der Waals surface area contributed by atoms with Gasteiger partial charge in [-0.2, -0.15) is 5.10 Å². The first-order valence-electron chi connectivity index (χ1n) is 7.48. The fourth-order valence-corrected chi connectivity index (χ4v) is 2.59. The van der Waals surface area contributed by atoms with E-state index < -0.39 is 5.97 Å². The average molecular weight is 310 g/mol. The molecular formula is C14H22N4O4. The van der Waals surface area contributed by atoms with Gasteiger partial charge in [-0.1, -0.05) is 0 Å². The van der Waals surface area contributed by atoms with E-state index in [-0.39, 0.29) is 30.6 Å². The fraction of sp³-hybridized carbons (Fsp3) is 0.643. The third kappa shape index (κ3) is 4.20. The van der Waals surface area contributed by atoms with Crippen molar-refractivity contribution in [3.63, 3.8) is 0 Å². The Morgan fingerprint density at radius 3 is 2.95 bits per heavy atom. The molecule has 1 saturated carbocycles. The summed E-state index contributed by atoms with van der Waals surface area (Å²) in [5, 5.41) is 18.3. The molecule has 22 heavy (non-hydrogen) atoms. The first-order valence-corrected chi connectivity index (χ1v) is 7.48. The largest absolute Gasteiger partial charge is 0.481 e. The lowest BCUT2D eigenvalue weighted by atomic mass is 9.83. The number of aromatic nitrogens is 2. The van der Waals surface area contributed by atoms with Crippen LogP contribution in [0, 0.1) is 0 Å². The van der Waals surface area contributed by atoms with Crippen LogP contribution in [-0.2, 0) is 9.53 Å². The number of carbonyl (C=O) groups excluding carboxylic acids is 1. The van der Waals surface area contributed by atoms with Gasteiger partial charge < -0.3 is 20.5 Å². The number of carboxylic acids is 1. The van der Waals surface area contributed by atoms with Gasteiger partial charge in [0, 0.05) is 32.0 Å². The topological polar surface area (TPSA) is 105 Å². The molecule has 2 rings (SSSR count). The van der Waals surface area contributed by atoms with Crippen LogP contribution in [0.2, 0.25) is 0 Å². The van der Waals surface area contributed by atoms with E-state index in [0.717, 1.165) is 6.42 Å². The van der Waals surface area contributed by atoms with Gasteiger partial charge in [0.05, 0.1) is 18.2 Å². The van der Waals surface area contributed by atoms with E-state index in [4.69, 9.17) is 9.84 Å². The van der Waals surface area contributed by atoms with Crippen LogP contribution in [0.1, 0.15) is 32.2 Å². The van der Waals surface area contributed by atoms with Crippen LogP contribution < -0.4 is 10.6 Å². The number of ether oxygens (including phenoxy) is 1. The van der Waals surface area contributed by atoms with Gasteiger partial charge in [0.2, 0.25) is 0 Å². The van der Waals surface area contributed by atoms with E-state index in [2.05, 4.69) is 15.7 Å². The first kappa shape index (κ1) is 16.3. The van der Waals surface area contributed by atoms with Crippen LogP contribution in [0.3, 0.4) is 0 Å². The van der Waals surface area contributed by atoms with Crippen molar-refractivity contribution < 1.29 is 19.4 Å². The van der Waals surface area contributed by atoms with Crippen LogP contribution in [0.15, 0.2) is 18.5 Å². The molecule has 1 aliphatic carbocycles.